The fourth-order valence-electron chi connectivity index (χ4n) is 1.66. The Balaban J connectivity index is 1.86. The van der Waals surface area contributed by atoms with Gasteiger partial charge in [-0.25, -0.2) is 4.79 Å². The first-order valence-corrected chi connectivity index (χ1v) is 5.91. The van der Waals surface area contributed by atoms with Gasteiger partial charge in [0.25, 0.3) is 0 Å². The monoisotopic (exact) mass is 260 g/mol. The predicted molar refractivity (Wildman–Crippen MR) is 69.3 cm³/mol. The van der Waals surface area contributed by atoms with Crippen LogP contribution in [0.3, 0.4) is 0 Å². The predicted octanol–water partition coefficient (Wildman–Crippen LogP) is 0.891. The van der Waals surface area contributed by atoms with Gasteiger partial charge in [0.05, 0.1) is 19.2 Å². The molecule has 0 unspecified atom stereocenters. The van der Waals surface area contributed by atoms with Gasteiger partial charge in [0.1, 0.15) is 12.2 Å². The zero-order valence-electron chi connectivity index (χ0n) is 11.0. The van der Waals surface area contributed by atoms with Crippen molar-refractivity contribution in [2.45, 2.75) is 13.1 Å². The van der Waals surface area contributed by atoms with E-state index in [2.05, 4.69) is 20.3 Å². The van der Waals surface area contributed by atoms with Crippen LogP contribution in [0.1, 0.15) is 21.7 Å². The van der Waals surface area contributed by atoms with Crippen molar-refractivity contribution >= 4 is 5.97 Å². The third-order valence-corrected chi connectivity index (χ3v) is 2.79. The van der Waals surface area contributed by atoms with E-state index in [0.717, 1.165) is 11.4 Å². The smallest absolute Gasteiger partial charge is 0.337 e. The molecule has 100 valence electrons. The molecule has 1 aromatic heterocycles. The molecule has 19 heavy (non-hydrogen) atoms. The maximum Gasteiger partial charge on any atom is 0.337 e. The van der Waals surface area contributed by atoms with E-state index in [-0.39, 0.29) is 5.97 Å². The van der Waals surface area contributed by atoms with E-state index in [0.29, 0.717) is 18.7 Å². The summed E-state index contributed by atoms with van der Waals surface area (Å²) in [6.45, 7) is 1.35. The third kappa shape index (κ3) is 3.38. The van der Waals surface area contributed by atoms with Crippen molar-refractivity contribution in [1.82, 2.24) is 20.1 Å². The lowest BCUT2D eigenvalue weighted by Gasteiger charge is -2.05. The molecule has 0 saturated heterocycles. The van der Waals surface area contributed by atoms with Crippen molar-refractivity contribution in [3.63, 3.8) is 0 Å². The first kappa shape index (κ1) is 13.2. The van der Waals surface area contributed by atoms with E-state index in [1.165, 1.54) is 7.11 Å². The second kappa shape index (κ2) is 6.10. The van der Waals surface area contributed by atoms with Gasteiger partial charge in [0, 0.05) is 13.6 Å². The molecule has 0 radical (unpaired) electrons. The number of benzene rings is 1. The quantitative estimate of drug-likeness (QED) is 0.809. The molecule has 0 aliphatic heterocycles. The zero-order valence-corrected chi connectivity index (χ0v) is 11.0. The van der Waals surface area contributed by atoms with Crippen LogP contribution in [0.15, 0.2) is 30.6 Å². The number of nitrogens with one attached hydrogen (secondary N) is 1. The number of aryl methyl sites for hydroxylation is 1. The molecule has 0 spiro atoms. The Labute approximate surface area is 111 Å². The van der Waals surface area contributed by atoms with Crippen molar-refractivity contribution in [1.29, 1.82) is 0 Å². The van der Waals surface area contributed by atoms with Gasteiger partial charge in [0.15, 0.2) is 0 Å². The standard InChI is InChI=1S/C13H16N4O2/c1-17-9-15-16-12(17)8-14-7-10-3-5-11(6-4-10)13(18)19-2/h3-6,9,14H,7-8H2,1-2H3. The Morgan fingerprint density at radius 1 is 1.32 bits per heavy atom. The topological polar surface area (TPSA) is 69.0 Å². The second-order valence-electron chi connectivity index (χ2n) is 4.15. The summed E-state index contributed by atoms with van der Waals surface area (Å²) >= 11 is 0. The van der Waals surface area contributed by atoms with Crippen molar-refractivity contribution in [3.05, 3.63) is 47.5 Å². The van der Waals surface area contributed by atoms with Crippen LogP contribution in [0.5, 0.6) is 0 Å². The summed E-state index contributed by atoms with van der Waals surface area (Å²) in [4.78, 5) is 11.3. The van der Waals surface area contributed by atoms with E-state index >= 15 is 0 Å². The van der Waals surface area contributed by atoms with Crippen molar-refractivity contribution in [2.75, 3.05) is 7.11 Å². The summed E-state index contributed by atoms with van der Waals surface area (Å²) in [6, 6.07) is 7.31. The number of esters is 1. The second-order valence-corrected chi connectivity index (χ2v) is 4.15. The van der Waals surface area contributed by atoms with Crippen LogP contribution in [0.4, 0.5) is 0 Å². The molecule has 0 aliphatic rings. The minimum atomic E-state index is -0.321. The average molecular weight is 260 g/mol. The number of carbonyl (C=O) groups is 1. The summed E-state index contributed by atoms with van der Waals surface area (Å²) in [7, 11) is 3.28. The highest BCUT2D eigenvalue weighted by Crippen LogP contribution is 2.05. The van der Waals surface area contributed by atoms with Gasteiger partial charge < -0.3 is 14.6 Å². The molecule has 0 saturated carbocycles. The molecule has 0 amide bonds. The first-order chi connectivity index (χ1) is 9.20. The summed E-state index contributed by atoms with van der Waals surface area (Å²) in [6.07, 6.45) is 1.67. The molecule has 0 atom stereocenters. The van der Waals surface area contributed by atoms with Crippen LogP contribution >= 0.6 is 0 Å². The number of ether oxygens (including phenoxy) is 1. The van der Waals surface area contributed by atoms with Crippen molar-refractivity contribution < 1.29 is 9.53 Å². The Bertz CT molecular complexity index is 548. The molecule has 6 heteroatoms. The molecule has 0 bridgehead atoms. The Hall–Kier alpha value is -2.21. The fourth-order valence-corrected chi connectivity index (χ4v) is 1.66. The van der Waals surface area contributed by atoms with Gasteiger partial charge in [-0.15, -0.1) is 10.2 Å². The molecule has 2 aromatic rings. The number of aromatic nitrogens is 3. The lowest BCUT2D eigenvalue weighted by Crippen LogP contribution is -2.15. The van der Waals surface area contributed by atoms with Crippen LogP contribution in [-0.4, -0.2) is 27.8 Å². The molecule has 2 rings (SSSR count). The molecule has 1 N–H and O–H groups in total. The minimum Gasteiger partial charge on any atom is -0.465 e. The van der Waals surface area contributed by atoms with Gasteiger partial charge >= 0.3 is 5.97 Å². The number of rotatable bonds is 5. The van der Waals surface area contributed by atoms with Crippen LogP contribution in [0, 0.1) is 0 Å². The molecule has 1 heterocycles. The lowest BCUT2D eigenvalue weighted by atomic mass is 10.1. The average Bonchev–Trinajstić information content (AvgIpc) is 2.84. The van der Waals surface area contributed by atoms with E-state index in [4.69, 9.17) is 0 Å². The van der Waals surface area contributed by atoms with Gasteiger partial charge in [-0.05, 0) is 17.7 Å². The van der Waals surface area contributed by atoms with Crippen LogP contribution in [-0.2, 0) is 24.9 Å². The normalized spacial score (nSPS) is 10.4. The molecule has 6 nitrogen and oxygen atoms in total. The van der Waals surface area contributed by atoms with Gasteiger partial charge in [-0.3, -0.25) is 0 Å². The Morgan fingerprint density at radius 3 is 2.63 bits per heavy atom. The maximum atomic E-state index is 11.3. The highest BCUT2D eigenvalue weighted by molar-refractivity contribution is 5.89. The van der Waals surface area contributed by atoms with Gasteiger partial charge in [0.2, 0.25) is 0 Å². The Kier molecular flexibility index (Phi) is 4.25. The number of hydrogen-bond donors (Lipinski definition) is 1. The van der Waals surface area contributed by atoms with E-state index < -0.39 is 0 Å². The Morgan fingerprint density at radius 2 is 2.05 bits per heavy atom. The highest BCUT2D eigenvalue weighted by Gasteiger charge is 2.04. The number of nitrogens with zero attached hydrogens (tertiary/aromatic N) is 3. The van der Waals surface area contributed by atoms with Gasteiger partial charge in [-0.1, -0.05) is 12.1 Å². The van der Waals surface area contributed by atoms with Crippen LogP contribution in [0.25, 0.3) is 0 Å². The summed E-state index contributed by atoms with van der Waals surface area (Å²) in [5, 5.41) is 11.1. The maximum absolute atomic E-state index is 11.3. The fraction of sp³-hybridized carbons (Fsp3) is 0.308. The van der Waals surface area contributed by atoms with E-state index in [9.17, 15) is 4.79 Å². The van der Waals surface area contributed by atoms with Crippen LogP contribution < -0.4 is 5.32 Å². The summed E-state index contributed by atoms with van der Waals surface area (Å²) in [5.74, 6) is 0.560. The SMILES string of the molecule is COC(=O)c1ccc(CNCc2nncn2C)cc1. The molecule has 1 aromatic carbocycles. The summed E-state index contributed by atoms with van der Waals surface area (Å²) < 4.78 is 6.52. The summed E-state index contributed by atoms with van der Waals surface area (Å²) in [5.41, 5.74) is 1.65. The van der Waals surface area contributed by atoms with E-state index in [1.54, 1.807) is 18.5 Å². The number of methoxy groups -OCH3 is 1. The zero-order chi connectivity index (χ0) is 13.7. The molecular formula is C13H16N4O2. The van der Waals surface area contributed by atoms with Gasteiger partial charge in [-0.2, -0.15) is 0 Å². The first-order valence-electron chi connectivity index (χ1n) is 5.91. The lowest BCUT2D eigenvalue weighted by molar-refractivity contribution is 0.0600. The highest BCUT2D eigenvalue weighted by atomic mass is 16.5. The largest absolute Gasteiger partial charge is 0.465 e. The molecular weight excluding hydrogens is 244 g/mol. The molecule has 0 aliphatic carbocycles. The number of carbonyl (C=O) groups excluding carboxylic acids is 1. The number of hydrogen-bond acceptors (Lipinski definition) is 5. The van der Waals surface area contributed by atoms with Crippen molar-refractivity contribution in [2.24, 2.45) is 7.05 Å². The van der Waals surface area contributed by atoms with Crippen molar-refractivity contribution in [3.8, 4) is 0 Å². The molecule has 0 fully saturated rings. The minimum absolute atomic E-state index is 0.321. The van der Waals surface area contributed by atoms with Crippen LogP contribution in [0.2, 0.25) is 0 Å². The van der Waals surface area contributed by atoms with E-state index in [1.807, 2.05) is 23.7 Å². The third-order valence-electron chi connectivity index (χ3n) is 2.79.